The van der Waals surface area contributed by atoms with Crippen LogP contribution in [0.3, 0.4) is 0 Å². The molecule has 1 nitrogen and oxygen atoms in total. The van der Waals surface area contributed by atoms with Crippen molar-refractivity contribution in [2.75, 3.05) is 6.61 Å². The summed E-state index contributed by atoms with van der Waals surface area (Å²) in [5.41, 5.74) is 1.38. The minimum atomic E-state index is -1.60. The Labute approximate surface area is 117 Å². The fourth-order valence-corrected chi connectivity index (χ4v) is 4.33. The zero-order valence-electron chi connectivity index (χ0n) is 14.1. The third-order valence-corrected chi connectivity index (χ3v) is 9.97. The first-order valence-electron chi connectivity index (χ1n) is 7.08. The average molecular weight is 287 g/mol. The molecule has 0 N–H and O–H groups in total. The minimum absolute atomic E-state index is 0.298. The smallest absolute Gasteiger partial charge is 0.192 e. The van der Waals surface area contributed by atoms with E-state index < -0.39 is 16.4 Å². The Morgan fingerprint density at radius 3 is 1.89 bits per heavy atom. The van der Waals surface area contributed by atoms with Gasteiger partial charge in [0.25, 0.3) is 0 Å². The fraction of sp³-hybridized carbons (Fsp3) is 0.867. The van der Waals surface area contributed by atoms with Gasteiger partial charge in [-0.15, -0.1) is 0 Å². The normalized spacial score (nSPS) is 15.6. The summed E-state index contributed by atoms with van der Waals surface area (Å²) in [6, 6.07) is 1.22. The van der Waals surface area contributed by atoms with Crippen LogP contribution in [0, 0.1) is 5.92 Å². The largest absolute Gasteiger partial charge is 0.416 e. The van der Waals surface area contributed by atoms with E-state index >= 15 is 0 Å². The number of hydrogen-bond acceptors (Lipinski definition) is 1. The molecule has 0 saturated carbocycles. The summed E-state index contributed by atoms with van der Waals surface area (Å²) in [6.45, 7) is 26.1. The first-order chi connectivity index (χ1) is 7.76. The monoisotopic (exact) mass is 286 g/mol. The van der Waals surface area contributed by atoms with Crippen molar-refractivity contribution < 1.29 is 4.43 Å². The summed E-state index contributed by atoms with van der Waals surface area (Å²) < 4.78 is 6.28. The van der Waals surface area contributed by atoms with Crippen molar-refractivity contribution in [2.45, 2.75) is 71.5 Å². The Hall–Kier alpha value is 0.134. The van der Waals surface area contributed by atoms with Crippen LogP contribution in [-0.4, -0.2) is 23.0 Å². The highest BCUT2D eigenvalue weighted by Crippen LogP contribution is 2.37. The Bertz CT molecular complexity index is 282. The van der Waals surface area contributed by atoms with E-state index in [0.717, 1.165) is 6.61 Å². The second-order valence-electron chi connectivity index (χ2n) is 8.37. The lowest BCUT2D eigenvalue weighted by molar-refractivity contribution is 0.254. The molecule has 0 aromatic rings. The van der Waals surface area contributed by atoms with Crippen molar-refractivity contribution in [3.05, 3.63) is 12.2 Å². The molecule has 0 aliphatic heterocycles. The van der Waals surface area contributed by atoms with Gasteiger partial charge >= 0.3 is 0 Å². The van der Waals surface area contributed by atoms with Crippen molar-refractivity contribution in [3.63, 3.8) is 0 Å². The molecule has 0 saturated heterocycles. The van der Waals surface area contributed by atoms with Gasteiger partial charge in [-0.05, 0) is 30.1 Å². The molecular weight excluding hydrogens is 252 g/mol. The van der Waals surface area contributed by atoms with E-state index in [1.807, 2.05) is 0 Å². The minimum Gasteiger partial charge on any atom is -0.416 e. The van der Waals surface area contributed by atoms with Crippen molar-refractivity contribution in [1.82, 2.24) is 0 Å². The second-order valence-corrected chi connectivity index (χ2v) is 18.7. The molecule has 0 aliphatic rings. The summed E-state index contributed by atoms with van der Waals surface area (Å²) in [5, 5.41) is 0.298. The van der Waals surface area contributed by atoms with Gasteiger partial charge in [-0.2, -0.15) is 0 Å². The van der Waals surface area contributed by atoms with Crippen LogP contribution in [0.5, 0.6) is 0 Å². The second kappa shape index (κ2) is 6.06. The van der Waals surface area contributed by atoms with Crippen molar-refractivity contribution in [1.29, 1.82) is 0 Å². The zero-order valence-corrected chi connectivity index (χ0v) is 16.1. The molecule has 3 heteroatoms. The van der Waals surface area contributed by atoms with E-state index in [2.05, 4.69) is 67.0 Å². The molecule has 0 bridgehead atoms. The van der Waals surface area contributed by atoms with Crippen LogP contribution in [0.15, 0.2) is 12.2 Å². The maximum Gasteiger partial charge on any atom is 0.192 e. The highest BCUT2D eigenvalue weighted by atomic mass is 28.4. The van der Waals surface area contributed by atoms with E-state index in [-0.39, 0.29) is 0 Å². The lowest BCUT2D eigenvalue weighted by Crippen LogP contribution is -2.42. The molecular formula is C15H34OSi2. The standard InChI is InChI=1S/C15H34OSi2/c1-13(14(2)12-17(6,7)8)11-16-18(9,10)15(3,4)5/h13H,2,11-12H2,1,3-10H3/t13-/m1/s1. The Kier molecular flexibility index (Phi) is 6.10. The molecule has 1 atom stereocenters. The van der Waals surface area contributed by atoms with Gasteiger partial charge < -0.3 is 4.43 Å². The van der Waals surface area contributed by atoms with Crippen molar-refractivity contribution >= 4 is 16.4 Å². The SMILES string of the molecule is C=C(C[Si](C)(C)C)[C@H](C)CO[Si](C)(C)C(C)(C)C. The van der Waals surface area contributed by atoms with Crippen LogP contribution in [0.2, 0.25) is 43.8 Å². The van der Waals surface area contributed by atoms with Gasteiger partial charge in [0.05, 0.1) is 0 Å². The van der Waals surface area contributed by atoms with Gasteiger partial charge in [0, 0.05) is 14.7 Å². The van der Waals surface area contributed by atoms with Gasteiger partial charge in [0.15, 0.2) is 8.32 Å². The van der Waals surface area contributed by atoms with Crippen molar-refractivity contribution in [3.8, 4) is 0 Å². The average Bonchev–Trinajstić information content (AvgIpc) is 2.09. The van der Waals surface area contributed by atoms with E-state index in [1.165, 1.54) is 11.6 Å². The Morgan fingerprint density at radius 1 is 1.11 bits per heavy atom. The first-order valence-corrected chi connectivity index (χ1v) is 13.7. The van der Waals surface area contributed by atoms with Crippen LogP contribution in [-0.2, 0) is 4.43 Å². The highest BCUT2D eigenvalue weighted by Gasteiger charge is 2.37. The molecule has 0 heterocycles. The molecule has 0 spiro atoms. The van der Waals surface area contributed by atoms with Crippen LogP contribution < -0.4 is 0 Å². The van der Waals surface area contributed by atoms with Gasteiger partial charge in [0.1, 0.15) is 0 Å². The summed E-state index contributed by atoms with van der Waals surface area (Å²) >= 11 is 0. The predicted molar refractivity (Wildman–Crippen MR) is 89.6 cm³/mol. The molecule has 0 aromatic heterocycles. The molecule has 0 aliphatic carbocycles. The molecule has 0 rings (SSSR count). The topological polar surface area (TPSA) is 9.23 Å². The Balaban J connectivity index is 4.35. The number of rotatable bonds is 6. The molecule has 108 valence electrons. The quantitative estimate of drug-likeness (QED) is 0.460. The van der Waals surface area contributed by atoms with E-state index in [1.54, 1.807) is 0 Å². The van der Waals surface area contributed by atoms with Crippen LogP contribution in [0.25, 0.3) is 0 Å². The summed E-state index contributed by atoms with van der Waals surface area (Å²) in [5.74, 6) is 0.492. The summed E-state index contributed by atoms with van der Waals surface area (Å²) in [6.07, 6.45) is 0. The zero-order chi connectivity index (χ0) is 14.8. The van der Waals surface area contributed by atoms with Crippen LogP contribution in [0.4, 0.5) is 0 Å². The molecule has 0 aromatic carbocycles. The molecule has 0 fully saturated rings. The highest BCUT2D eigenvalue weighted by molar-refractivity contribution is 6.76. The fourth-order valence-electron chi connectivity index (χ4n) is 1.52. The third-order valence-electron chi connectivity index (χ3n) is 3.95. The third kappa shape index (κ3) is 6.34. The van der Waals surface area contributed by atoms with Crippen molar-refractivity contribution in [2.24, 2.45) is 5.92 Å². The maximum atomic E-state index is 6.28. The lowest BCUT2D eigenvalue weighted by atomic mass is 10.1. The van der Waals surface area contributed by atoms with Gasteiger partial charge in [-0.1, -0.05) is 59.5 Å². The van der Waals surface area contributed by atoms with Crippen LogP contribution >= 0.6 is 0 Å². The maximum absolute atomic E-state index is 6.28. The Morgan fingerprint density at radius 2 is 1.56 bits per heavy atom. The van der Waals surface area contributed by atoms with E-state index in [9.17, 15) is 0 Å². The molecule has 0 amide bonds. The lowest BCUT2D eigenvalue weighted by Gasteiger charge is -2.37. The van der Waals surface area contributed by atoms with Crippen LogP contribution in [0.1, 0.15) is 27.7 Å². The van der Waals surface area contributed by atoms with Gasteiger partial charge in [-0.25, -0.2) is 0 Å². The first kappa shape index (κ1) is 18.1. The molecule has 0 unspecified atom stereocenters. The number of hydrogen-bond donors (Lipinski definition) is 0. The molecule has 18 heavy (non-hydrogen) atoms. The predicted octanol–water partition coefficient (Wildman–Crippen LogP) is 5.54. The van der Waals surface area contributed by atoms with Gasteiger partial charge in [0.2, 0.25) is 0 Å². The van der Waals surface area contributed by atoms with E-state index in [4.69, 9.17) is 4.43 Å². The summed E-state index contributed by atoms with van der Waals surface area (Å²) in [7, 11) is -2.64. The van der Waals surface area contributed by atoms with E-state index in [0.29, 0.717) is 11.0 Å². The molecule has 0 radical (unpaired) electrons. The summed E-state index contributed by atoms with van der Waals surface area (Å²) in [4.78, 5) is 0. The van der Waals surface area contributed by atoms with Gasteiger partial charge in [-0.3, -0.25) is 0 Å².